The molecule has 0 radical (unpaired) electrons. The number of nitrogens with zero attached hydrogens (tertiary/aromatic N) is 3. The maximum absolute atomic E-state index is 12.7. The second-order valence-electron chi connectivity index (χ2n) is 6.69. The number of rotatable bonds is 3. The predicted octanol–water partition coefficient (Wildman–Crippen LogP) is 1.70. The van der Waals surface area contributed by atoms with Gasteiger partial charge in [0.2, 0.25) is 5.91 Å². The first-order valence-electron chi connectivity index (χ1n) is 8.24. The molecule has 116 valence electrons. The number of pyridine rings is 1. The van der Waals surface area contributed by atoms with E-state index in [1.54, 1.807) is 24.5 Å². The van der Waals surface area contributed by atoms with E-state index in [4.69, 9.17) is 0 Å². The van der Waals surface area contributed by atoms with E-state index < -0.39 is 0 Å². The Balaban J connectivity index is 1.52. The summed E-state index contributed by atoms with van der Waals surface area (Å²) in [5.41, 5.74) is 0.696. The molecule has 1 aromatic heterocycles. The van der Waals surface area contributed by atoms with Gasteiger partial charge in [0.05, 0.1) is 12.1 Å². The molecule has 0 aromatic carbocycles. The summed E-state index contributed by atoms with van der Waals surface area (Å²) in [5, 5.41) is 0. The van der Waals surface area contributed by atoms with Crippen LogP contribution in [-0.4, -0.2) is 51.8 Å². The molecular formula is C17H21N3O2. The lowest BCUT2D eigenvalue weighted by molar-refractivity contribution is -0.137. The fraction of sp³-hybridized carbons (Fsp3) is 0.588. The van der Waals surface area contributed by atoms with Crippen molar-refractivity contribution < 1.29 is 9.59 Å². The van der Waals surface area contributed by atoms with Crippen LogP contribution in [0.3, 0.4) is 0 Å². The van der Waals surface area contributed by atoms with Gasteiger partial charge >= 0.3 is 0 Å². The minimum atomic E-state index is 0.0793. The molecule has 2 saturated heterocycles. The lowest BCUT2D eigenvalue weighted by atomic mass is 9.95. The van der Waals surface area contributed by atoms with E-state index in [1.165, 1.54) is 12.8 Å². The van der Waals surface area contributed by atoms with Crippen LogP contribution in [0.4, 0.5) is 0 Å². The lowest BCUT2D eigenvalue weighted by Crippen LogP contribution is -2.53. The van der Waals surface area contributed by atoms with Gasteiger partial charge in [-0.1, -0.05) is 0 Å². The Morgan fingerprint density at radius 1 is 1.14 bits per heavy atom. The molecule has 1 aliphatic carbocycles. The van der Waals surface area contributed by atoms with Crippen LogP contribution >= 0.6 is 0 Å². The quantitative estimate of drug-likeness (QED) is 0.853. The van der Waals surface area contributed by atoms with Crippen molar-refractivity contribution >= 4 is 11.8 Å². The topological polar surface area (TPSA) is 53.5 Å². The van der Waals surface area contributed by atoms with Crippen molar-refractivity contribution in [3.8, 4) is 0 Å². The van der Waals surface area contributed by atoms with E-state index in [1.807, 2.05) is 4.90 Å². The van der Waals surface area contributed by atoms with Crippen LogP contribution in [-0.2, 0) is 4.79 Å². The van der Waals surface area contributed by atoms with Crippen molar-refractivity contribution in [2.75, 3.05) is 13.1 Å². The average Bonchev–Trinajstić information content (AvgIpc) is 3.27. The third kappa shape index (κ3) is 2.38. The fourth-order valence-corrected chi connectivity index (χ4v) is 3.88. The number of aromatic nitrogens is 1. The van der Waals surface area contributed by atoms with Gasteiger partial charge in [0.15, 0.2) is 0 Å². The predicted molar refractivity (Wildman–Crippen MR) is 81.1 cm³/mol. The summed E-state index contributed by atoms with van der Waals surface area (Å²) in [6, 6.07) is 3.96. The van der Waals surface area contributed by atoms with Crippen LogP contribution in [0, 0.1) is 5.92 Å². The first kappa shape index (κ1) is 13.7. The van der Waals surface area contributed by atoms with E-state index >= 15 is 0 Å². The van der Waals surface area contributed by atoms with Crippen LogP contribution in [0.2, 0.25) is 0 Å². The van der Waals surface area contributed by atoms with Crippen molar-refractivity contribution in [1.29, 1.82) is 0 Å². The monoisotopic (exact) mass is 299 g/mol. The zero-order chi connectivity index (χ0) is 15.1. The third-order valence-corrected chi connectivity index (χ3v) is 5.22. The number of hydrogen-bond acceptors (Lipinski definition) is 3. The first-order chi connectivity index (χ1) is 10.7. The molecular weight excluding hydrogens is 278 g/mol. The van der Waals surface area contributed by atoms with E-state index in [0.717, 1.165) is 25.9 Å². The highest BCUT2D eigenvalue weighted by molar-refractivity contribution is 5.94. The molecule has 1 aromatic rings. The van der Waals surface area contributed by atoms with Gasteiger partial charge in [0.1, 0.15) is 0 Å². The molecule has 3 heterocycles. The van der Waals surface area contributed by atoms with E-state index in [2.05, 4.69) is 9.88 Å². The zero-order valence-electron chi connectivity index (χ0n) is 12.6. The summed E-state index contributed by atoms with van der Waals surface area (Å²) < 4.78 is 0. The minimum Gasteiger partial charge on any atom is -0.337 e. The fourth-order valence-electron chi connectivity index (χ4n) is 3.88. The molecule has 1 saturated carbocycles. The smallest absolute Gasteiger partial charge is 0.254 e. The Bertz CT molecular complexity index is 585. The van der Waals surface area contributed by atoms with Crippen molar-refractivity contribution in [2.45, 2.75) is 44.2 Å². The van der Waals surface area contributed by atoms with Gasteiger partial charge in [-0.3, -0.25) is 14.6 Å². The molecule has 0 spiro atoms. The van der Waals surface area contributed by atoms with Crippen molar-refractivity contribution in [3.05, 3.63) is 30.1 Å². The van der Waals surface area contributed by atoms with Crippen LogP contribution in [0.5, 0.6) is 0 Å². The second kappa shape index (κ2) is 5.38. The largest absolute Gasteiger partial charge is 0.337 e. The summed E-state index contributed by atoms with van der Waals surface area (Å²) in [7, 11) is 0. The average molecular weight is 299 g/mol. The molecule has 3 fully saturated rings. The highest BCUT2D eigenvalue weighted by Crippen LogP contribution is 2.36. The number of likely N-dealkylation sites (tertiary alicyclic amines) is 2. The summed E-state index contributed by atoms with van der Waals surface area (Å²) in [4.78, 5) is 33.0. The minimum absolute atomic E-state index is 0.0793. The van der Waals surface area contributed by atoms with E-state index in [-0.39, 0.29) is 23.9 Å². The van der Waals surface area contributed by atoms with Gasteiger partial charge in [0.25, 0.3) is 5.91 Å². The summed E-state index contributed by atoms with van der Waals surface area (Å²) in [5.74, 6) is 1.06. The molecule has 2 aliphatic heterocycles. The highest BCUT2D eigenvalue weighted by atomic mass is 16.2. The molecule has 4 rings (SSSR count). The highest BCUT2D eigenvalue weighted by Gasteiger charge is 2.46. The summed E-state index contributed by atoms with van der Waals surface area (Å²) in [6.45, 7) is 1.65. The van der Waals surface area contributed by atoms with Gasteiger partial charge in [-0.25, -0.2) is 0 Å². The molecule has 0 unspecified atom stereocenters. The molecule has 22 heavy (non-hydrogen) atoms. The standard InChI is InChI=1S/C17H21N3O2/c21-16-4-3-14-15(20(16)11-12-1-2-12)7-10-19(14)17(22)13-5-8-18-9-6-13/h5-6,8-9,12,14-15H,1-4,7,10-11H2/t14-,15-/m1/s1. The Kier molecular flexibility index (Phi) is 3.36. The second-order valence-corrected chi connectivity index (χ2v) is 6.69. The number of amides is 2. The first-order valence-corrected chi connectivity index (χ1v) is 8.24. The Morgan fingerprint density at radius 2 is 1.91 bits per heavy atom. The SMILES string of the molecule is O=C1CC[C@@H]2[C@@H](CCN2C(=O)c2ccncc2)N1CC1CC1. The number of fused-ring (bicyclic) bond motifs is 1. The maximum atomic E-state index is 12.7. The summed E-state index contributed by atoms with van der Waals surface area (Å²) in [6.07, 6.45) is 8.12. The van der Waals surface area contributed by atoms with Gasteiger partial charge in [-0.15, -0.1) is 0 Å². The lowest BCUT2D eigenvalue weighted by Gasteiger charge is -2.40. The van der Waals surface area contributed by atoms with Crippen LogP contribution in [0.25, 0.3) is 0 Å². The molecule has 3 aliphatic rings. The number of carbonyl (C=O) groups is 2. The molecule has 5 nitrogen and oxygen atoms in total. The number of piperidine rings is 1. The van der Waals surface area contributed by atoms with Gasteiger partial charge in [0, 0.05) is 37.5 Å². The van der Waals surface area contributed by atoms with Gasteiger partial charge in [-0.2, -0.15) is 0 Å². The van der Waals surface area contributed by atoms with Crippen LogP contribution in [0.1, 0.15) is 42.5 Å². The summed E-state index contributed by atoms with van der Waals surface area (Å²) >= 11 is 0. The molecule has 0 bridgehead atoms. The van der Waals surface area contributed by atoms with E-state index in [9.17, 15) is 9.59 Å². The Hall–Kier alpha value is -1.91. The maximum Gasteiger partial charge on any atom is 0.254 e. The Morgan fingerprint density at radius 3 is 2.64 bits per heavy atom. The molecule has 2 amide bonds. The van der Waals surface area contributed by atoms with Crippen molar-refractivity contribution in [2.24, 2.45) is 5.92 Å². The van der Waals surface area contributed by atoms with Gasteiger partial charge in [-0.05, 0) is 43.7 Å². The molecule has 0 N–H and O–H groups in total. The Labute approximate surface area is 130 Å². The molecule has 5 heteroatoms. The number of carbonyl (C=O) groups excluding carboxylic acids is 2. The van der Waals surface area contributed by atoms with Crippen molar-refractivity contribution in [1.82, 2.24) is 14.8 Å². The van der Waals surface area contributed by atoms with Crippen LogP contribution < -0.4 is 0 Å². The third-order valence-electron chi connectivity index (χ3n) is 5.22. The number of hydrogen-bond donors (Lipinski definition) is 0. The van der Waals surface area contributed by atoms with Crippen LogP contribution in [0.15, 0.2) is 24.5 Å². The molecule has 2 atom stereocenters. The van der Waals surface area contributed by atoms with Crippen molar-refractivity contribution in [3.63, 3.8) is 0 Å². The zero-order valence-corrected chi connectivity index (χ0v) is 12.6. The van der Waals surface area contributed by atoms with Gasteiger partial charge < -0.3 is 9.80 Å². The van der Waals surface area contributed by atoms with E-state index in [0.29, 0.717) is 17.9 Å². The normalized spacial score (nSPS) is 27.9.